The Morgan fingerprint density at radius 1 is 1.57 bits per heavy atom. The zero-order valence-corrected chi connectivity index (χ0v) is 8.03. The van der Waals surface area contributed by atoms with E-state index in [4.69, 9.17) is 5.73 Å². The quantitative estimate of drug-likeness (QED) is 0.761. The van der Waals surface area contributed by atoms with Crippen LogP contribution in [0.5, 0.6) is 0 Å². The molecule has 4 nitrogen and oxygen atoms in total. The third-order valence-corrected chi connectivity index (χ3v) is 3.02. The minimum atomic E-state index is 0.146. The molecule has 3 N–H and O–H groups in total. The molecule has 0 saturated heterocycles. The lowest BCUT2D eigenvalue weighted by Crippen LogP contribution is -2.22. The first-order valence-electron chi connectivity index (χ1n) is 5.05. The van der Waals surface area contributed by atoms with Crippen LogP contribution in [0.3, 0.4) is 0 Å². The summed E-state index contributed by atoms with van der Waals surface area (Å²) in [5.74, 6) is 0.918. The van der Waals surface area contributed by atoms with Crippen molar-refractivity contribution in [1.29, 1.82) is 0 Å². The number of hydrogen-bond donors (Lipinski definition) is 2. The van der Waals surface area contributed by atoms with E-state index in [1.807, 2.05) is 10.6 Å². The number of nitrogens with one attached hydrogen (secondary N) is 1. The van der Waals surface area contributed by atoms with Crippen LogP contribution in [0.1, 0.15) is 25.0 Å². The summed E-state index contributed by atoms with van der Waals surface area (Å²) in [7, 11) is 0. The van der Waals surface area contributed by atoms with Crippen LogP contribution in [0.2, 0.25) is 0 Å². The molecular weight excluding hydrogens is 176 g/mol. The van der Waals surface area contributed by atoms with E-state index < -0.39 is 0 Å². The van der Waals surface area contributed by atoms with E-state index in [1.54, 1.807) is 6.20 Å². The highest BCUT2D eigenvalue weighted by molar-refractivity contribution is 5.30. The van der Waals surface area contributed by atoms with Crippen molar-refractivity contribution in [1.82, 2.24) is 14.4 Å². The highest BCUT2D eigenvalue weighted by Gasteiger charge is 2.37. The minimum absolute atomic E-state index is 0.146. The molecule has 1 aliphatic rings. The smallest absolute Gasteiger partial charge is 0.211 e. The standard InChI is InChI=1S/C10H14N4/c11-10(3-4-10)2-1-8-7-14-6-5-12-9(14)13-8/h5-7H,1-4,11H2,(H,12,13). The summed E-state index contributed by atoms with van der Waals surface area (Å²) in [6.45, 7) is 0. The number of rotatable bonds is 3. The van der Waals surface area contributed by atoms with Crippen LogP contribution in [0, 0.1) is 0 Å². The normalized spacial score (nSPS) is 18.9. The fraction of sp³-hybridized carbons (Fsp3) is 0.500. The highest BCUT2D eigenvalue weighted by Crippen LogP contribution is 2.36. The first-order valence-corrected chi connectivity index (χ1v) is 5.05. The average molecular weight is 190 g/mol. The van der Waals surface area contributed by atoms with Gasteiger partial charge in [-0.25, -0.2) is 4.98 Å². The van der Waals surface area contributed by atoms with E-state index in [9.17, 15) is 0 Å². The summed E-state index contributed by atoms with van der Waals surface area (Å²) in [6, 6.07) is 0. The Morgan fingerprint density at radius 2 is 2.43 bits per heavy atom. The molecule has 0 amide bonds. The molecule has 2 aromatic rings. The molecule has 0 spiro atoms. The Hall–Kier alpha value is -1.29. The third-order valence-electron chi connectivity index (χ3n) is 3.02. The van der Waals surface area contributed by atoms with Gasteiger partial charge < -0.3 is 10.7 Å². The van der Waals surface area contributed by atoms with Gasteiger partial charge in [-0.05, 0) is 25.7 Å². The molecule has 1 fully saturated rings. The number of aromatic amines is 1. The monoisotopic (exact) mass is 190 g/mol. The second kappa shape index (κ2) is 2.60. The number of imidazole rings is 2. The Labute approximate surface area is 82.1 Å². The second-order valence-electron chi connectivity index (χ2n) is 4.30. The van der Waals surface area contributed by atoms with Gasteiger partial charge in [0.15, 0.2) is 0 Å². The molecule has 2 heterocycles. The van der Waals surface area contributed by atoms with E-state index in [0.29, 0.717) is 0 Å². The number of fused-ring (bicyclic) bond motifs is 1. The van der Waals surface area contributed by atoms with Crippen molar-refractivity contribution >= 4 is 5.78 Å². The Bertz CT molecular complexity index is 421. The lowest BCUT2D eigenvalue weighted by atomic mass is 10.1. The number of nitrogens with zero attached hydrogens (tertiary/aromatic N) is 2. The van der Waals surface area contributed by atoms with Crippen molar-refractivity contribution in [3.05, 3.63) is 24.3 Å². The summed E-state index contributed by atoms with van der Waals surface area (Å²) >= 11 is 0. The molecule has 74 valence electrons. The van der Waals surface area contributed by atoms with Crippen LogP contribution >= 0.6 is 0 Å². The van der Waals surface area contributed by atoms with Crippen LogP contribution in [0.4, 0.5) is 0 Å². The van der Waals surface area contributed by atoms with Gasteiger partial charge in [0.05, 0.1) is 0 Å². The lowest BCUT2D eigenvalue weighted by Gasteiger charge is -2.05. The molecule has 0 atom stereocenters. The van der Waals surface area contributed by atoms with Crippen molar-refractivity contribution < 1.29 is 0 Å². The number of aryl methyl sites for hydroxylation is 1. The van der Waals surface area contributed by atoms with Crippen LogP contribution in [0.25, 0.3) is 5.78 Å². The first kappa shape index (κ1) is 8.05. The summed E-state index contributed by atoms with van der Waals surface area (Å²) < 4.78 is 2.01. The molecule has 1 saturated carbocycles. The van der Waals surface area contributed by atoms with Gasteiger partial charge in [0.25, 0.3) is 0 Å². The molecule has 14 heavy (non-hydrogen) atoms. The van der Waals surface area contributed by atoms with Crippen molar-refractivity contribution in [2.45, 2.75) is 31.2 Å². The number of hydrogen-bond acceptors (Lipinski definition) is 2. The van der Waals surface area contributed by atoms with Crippen LogP contribution in [-0.2, 0) is 6.42 Å². The molecule has 0 radical (unpaired) electrons. The molecule has 0 unspecified atom stereocenters. The largest absolute Gasteiger partial charge is 0.328 e. The van der Waals surface area contributed by atoms with Crippen LogP contribution in [0.15, 0.2) is 18.6 Å². The van der Waals surface area contributed by atoms with Gasteiger partial charge in [0.1, 0.15) is 0 Å². The van der Waals surface area contributed by atoms with E-state index in [1.165, 1.54) is 18.5 Å². The summed E-state index contributed by atoms with van der Waals surface area (Å²) in [5, 5.41) is 0. The molecule has 0 aliphatic heterocycles. The van der Waals surface area contributed by atoms with Gasteiger partial charge in [-0.15, -0.1) is 0 Å². The van der Waals surface area contributed by atoms with Gasteiger partial charge in [-0.1, -0.05) is 0 Å². The lowest BCUT2D eigenvalue weighted by molar-refractivity contribution is 0.604. The van der Waals surface area contributed by atoms with Crippen molar-refractivity contribution in [2.24, 2.45) is 5.73 Å². The Kier molecular flexibility index (Phi) is 1.50. The first-order chi connectivity index (χ1) is 6.75. The summed E-state index contributed by atoms with van der Waals surface area (Å²) in [5.41, 5.74) is 7.40. The SMILES string of the molecule is NC1(CCc2cn3ccnc3[nH]2)CC1. The number of nitrogens with two attached hydrogens (primary N) is 1. The second-order valence-corrected chi connectivity index (χ2v) is 4.30. The third kappa shape index (κ3) is 1.32. The maximum absolute atomic E-state index is 6.03. The topological polar surface area (TPSA) is 59.1 Å². The number of aromatic nitrogens is 3. The highest BCUT2D eigenvalue weighted by atomic mass is 15.1. The molecule has 2 aromatic heterocycles. The summed E-state index contributed by atoms with van der Waals surface area (Å²) in [6.07, 6.45) is 10.3. The summed E-state index contributed by atoms with van der Waals surface area (Å²) in [4.78, 5) is 7.45. The van der Waals surface area contributed by atoms with E-state index in [0.717, 1.165) is 18.6 Å². The van der Waals surface area contributed by atoms with Crippen molar-refractivity contribution in [3.8, 4) is 0 Å². The molecule has 1 aliphatic carbocycles. The fourth-order valence-electron chi connectivity index (χ4n) is 1.78. The van der Waals surface area contributed by atoms with Gasteiger partial charge in [-0.2, -0.15) is 0 Å². The Morgan fingerprint density at radius 3 is 3.14 bits per heavy atom. The molecule has 3 rings (SSSR count). The van der Waals surface area contributed by atoms with E-state index in [2.05, 4.69) is 16.2 Å². The fourth-order valence-corrected chi connectivity index (χ4v) is 1.78. The van der Waals surface area contributed by atoms with Gasteiger partial charge >= 0.3 is 0 Å². The molecular formula is C10H14N4. The molecule has 0 aromatic carbocycles. The maximum atomic E-state index is 6.03. The Balaban J connectivity index is 1.75. The number of H-pyrrole nitrogens is 1. The van der Waals surface area contributed by atoms with Crippen LogP contribution in [-0.4, -0.2) is 19.9 Å². The minimum Gasteiger partial charge on any atom is -0.328 e. The molecule has 4 heteroatoms. The average Bonchev–Trinajstić information content (AvgIpc) is 2.61. The predicted octanol–water partition coefficient (Wildman–Crippen LogP) is 1.09. The van der Waals surface area contributed by atoms with Gasteiger partial charge in [-0.3, -0.25) is 4.40 Å². The zero-order chi connectivity index (χ0) is 9.60. The van der Waals surface area contributed by atoms with Gasteiger partial charge in [0.2, 0.25) is 5.78 Å². The van der Waals surface area contributed by atoms with E-state index in [-0.39, 0.29) is 5.54 Å². The van der Waals surface area contributed by atoms with Crippen LogP contribution < -0.4 is 5.73 Å². The maximum Gasteiger partial charge on any atom is 0.211 e. The van der Waals surface area contributed by atoms with E-state index >= 15 is 0 Å². The van der Waals surface area contributed by atoms with Gasteiger partial charge in [0, 0.05) is 29.8 Å². The van der Waals surface area contributed by atoms with Crippen molar-refractivity contribution in [2.75, 3.05) is 0 Å². The zero-order valence-electron chi connectivity index (χ0n) is 8.03. The van der Waals surface area contributed by atoms with Crippen molar-refractivity contribution in [3.63, 3.8) is 0 Å². The predicted molar refractivity (Wildman–Crippen MR) is 54.0 cm³/mol. The molecule has 0 bridgehead atoms.